The molecule has 1 saturated heterocycles. The van der Waals surface area contributed by atoms with E-state index in [1.807, 2.05) is 4.90 Å². The highest BCUT2D eigenvalue weighted by Crippen LogP contribution is 2.24. The fourth-order valence-electron chi connectivity index (χ4n) is 1.99. The van der Waals surface area contributed by atoms with Gasteiger partial charge in [0.25, 0.3) is 0 Å². The van der Waals surface area contributed by atoms with Crippen molar-refractivity contribution < 1.29 is 9.31 Å². The summed E-state index contributed by atoms with van der Waals surface area (Å²) in [5.74, 6) is -0.322. The molecule has 0 saturated carbocycles. The number of anilines is 1. The molecule has 1 aromatic carbocycles. The van der Waals surface area contributed by atoms with E-state index in [1.165, 1.54) is 12.1 Å². The second kappa shape index (κ2) is 4.95. The van der Waals surface area contributed by atoms with Crippen LogP contribution in [0.4, 0.5) is 10.1 Å². The lowest BCUT2D eigenvalue weighted by atomic mass is 10.2. The summed E-state index contributed by atoms with van der Waals surface area (Å²) in [7, 11) is 0. The van der Waals surface area contributed by atoms with Gasteiger partial charge in [-0.3, -0.25) is 10.1 Å². The summed E-state index contributed by atoms with van der Waals surface area (Å²) >= 11 is 0. The Kier molecular flexibility index (Phi) is 3.37. The van der Waals surface area contributed by atoms with Crippen molar-refractivity contribution in [3.63, 3.8) is 0 Å². The molecule has 1 heterocycles. The van der Waals surface area contributed by atoms with Crippen LogP contribution in [0, 0.1) is 15.9 Å². The van der Waals surface area contributed by atoms with E-state index >= 15 is 0 Å². The normalized spacial score (nSPS) is 15.7. The first-order chi connectivity index (χ1) is 8.16. The summed E-state index contributed by atoms with van der Waals surface area (Å²) in [6, 6.07) is 4.70. The minimum Gasteiger partial charge on any atom is -0.369 e. The second-order valence-corrected chi connectivity index (χ2v) is 4.01. The Hall–Kier alpha value is -1.91. The van der Waals surface area contributed by atoms with Gasteiger partial charge < -0.3 is 4.90 Å². The van der Waals surface area contributed by atoms with Crippen molar-refractivity contribution in [2.45, 2.75) is 12.8 Å². The maximum absolute atomic E-state index is 13.8. The van der Waals surface area contributed by atoms with Crippen LogP contribution in [0.25, 0.3) is 6.08 Å². The van der Waals surface area contributed by atoms with Gasteiger partial charge in [-0.15, -0.1) is 0 Å². The number of nitro groups is 1. The van der Waals surface area contributed by atoms with Gasteiger partial charge in [-0.05, 0) is 30.5 Å². The van der Waals surface area contributed by atoms with Crippen molar-refractivity contribution in [2.75, 3.05) is 18.0 Å². The van der Waals surface area contributed by atoms with Crippen LogP contribution in [-0.4, -0.2) is 18.0 Å². The third-order valence-electron chi connectivity index (χ3n) is 2.81. The molecular formula is C12H13FN2O2. The molecule has 0 spiro atoms. The zero-order chi connectivity index (χ0) is 12.3. The van der Waals surface area contributed by atoms with Crippen molar-refractivity contribution in [3.8, 4) is 0 Å². The molecule has 5 heteroatoms. The predicted molar refractivity (Wildman–Crippen MR) is 63.9 cm³/mol. The van der Waals surface area contributed by atoms with Gasteiger partial charge in [-0.1, -0.05) is 6.07 Å². The molecule has 2 rings (SSSR count). The fourth-order valence-corrected chi connectivity index (χ4v) is 1.99. The van der Waals surface area contributed by atoms with Crippen LogP contribution in [0.5, 0.6) is 0 Å². The van der Waals surface area contributed by atoms with Crippen molar-refractivity contribution in [1.82, 2.24) is 0 Å². The molecule has 1 aliphatic heterocycles. The molecule has 1 aromatic rings. The average molecular weight is 236 g/mol. The summed E-state index contributed by atoms with van der Waals surface area (Å²) in [4.78, 5) is 11.6. The van der Waals surface area contributed by atoms with Crippen molar-refractivity contribution in [1.29, 1.82) is 0 Å². The number of benzene rings is 1. The van der Waals surface area contributed by atoms with E-state index in [4.69, 9.17) is 0 Å². The molecular weight excluding hydrogens is 223 g/mol. The number of hydrogen-bond donors (Lipinski definition) is 0. The van der Waals surface area contributed by atoms with Crippen molar-refractivity contribution >= 4 is 11.8 Å². The van der Waals surface area contributed by atoms with E-state index in [9.17, 15) is 14.5 Å². The monoisotopic (exact) mass is 236 g/mol. The van der Waals surface area contributed by atoms with Gasteiger partial charge in [-0.25, -0.2) is 4.39 Å². The lowest BCUT2D eigenvalue weighted by molar-refractivity contribution is -0.400. The molecule has 0 bridgehead atoms. The van der Waals surface area contributed by atoms with Crippen LogP contribution < -0.4 is 4.90 Å². The summed E-state index contributed by atoms with van der Waals surface area (Å²) < 4.78 is 13.8. The first-order valence-electron chi connectivity index (χ1n) is 5.53. The molecule has 0 unspecified atom stereocenters. The molecule has 0 radical (unpaired) electrons. The van der Waals surface area contributed by atoms with Crippen LogP contribution in [0.2, 0.25) is 0 Å². The Bertz CT molecular complexity index is 454. The molecule has 17 heavy (non-hydrogen) atoms. The molecule has 4 nitrogen and oxygen atoms in total. The molecule has 0 amide bonds. The van der Waals surface area contributed by atoms with E-state index < -0.39 is 4.92 Å². The van der Waals surface area contributed by atoms with Crippen LogP contribution in [0.15, 0.2) is 24.4 Å². The Balaban J connectivity index is 2.19. The smallest absolute Gasteiger partial charge is 0.235 e. The first kappa shape index (κ1) is 11.6. The van der Waals surface area contributed by atoms with E-state index in [2.05, 4.69) is 0 Å². The third-order valence-corrected chi connectivity index (χ3v) is 2.81. The van der Waals surface area contributed by atoms with Gasteiger partial charge in [0.2, 0.25) is 6.20 Å². The van der Waals surface area contributed by atoms with Crippen molar-refractivity contribution in [3.05, 3.63) is 45.9 Å². The third kappa shape index (κ3) is 2.81. The van der Waals surface area contributed by atoms with Crippen LogP contribution in [0.1, 0.15) is 18.4 Å². The summed E-state index contributed by atoms with van der Waals surface area (Å²) in [5, 5.41) is 10.2. The summed E-state index contributed by atoms with van der Waals surface area (Å²) in [6.07, 6.45) is 4.27. The maximum atomic E-state index is 13.8. The standard InChI is InChI=1S/C12H13FN2O2/c13-11-9-10(5-8-15(16)17)3-4-12(11)14-6-1-2-7-14/h3-5,8-9H,1-2,6-7H2/b8-5-. The first-order valence-corrected chi connectivity index (χ1v) is 5.53. The molecule has 1 fully saturated rings. The predicted octanol–water partition coefficient (Wildman–Crippen LogP) is 2.67. The number of hydrogen-bond acceptors (Lipinski definition) is 3. The molecule has 0 aliphatic carbocycles. The van der Waals surface area contributed by atoms with Gasteiger partial charge in [0.15, 0.2) is 0 Å². The topological polar surface area (TPSA) is 46.4 Å². The minimum atomic E-state index is -0.563. The zero-order valence-corrected chi connectivity index (χ0v) is 9.30. The van der Waals surface area contributed by atoms with E-state index in [0.717, 1.165) is 32.1 Å². The van der Waals surface area contributed by atoms with E-state index in [-0.39, 0.29) is 5.82 Å². The number of nitrogens with zero attached hydrogens (tertiary/aromatic N) is 2. The van der Waals surface area contributed by atoms with Gasteiger partial charge in [-0.2, -0.15) is 0 Å². The van der Waals surface area contributed by atoms with Gasteiger partial charge in [0.1, 0.15) is 5.82 Å². The SMILES string of the molecule is O=[N+]([O-])/C=C\c1ccc(N2CCCC2)c(F)c1. The van der Waals surface area contributed by atoms with E-state index in [0.29, 0.717) is 11.3 Å². The quantitative estimate of drug-likeness (QED) is 0.598. The Morgan fingerprint density at radius 2 is 2.06 bits per heavy atom. The second-order valence-electron chi connectivity index (χ2n) is 4.01. The van der Waals surface area contributed by atoms with E-state index in [1.54, 1.807) is 12.1 Å². The molecule has 0 N–H and O–H groups in total. The zero-order valence-electron chi connectivity index (χ0n) is 9.30. The number of halogens is 1. The van der Waals surface area contributed by atoms with Crippen LogP contribution in [-0.2, 0) is 0 Å². The number of rotatable bonds is 3. The highest BCUT2D eigenvalue weighted by atomic mass is 19.1. The molecule has 0 atom stereocenters. The largest absolute Gasteiger partial charge is 0.369 e. The van der Waals surface area contributed by atoms with Gasteiger partial charge in [0.05, 0.1) is 10.6 Å². The Morgan fingerprint density at radius 1 is 1.35 bits per heavy atom. The van der Waals surface area contributed by atoms with Gasteiger partial charge in [0, 0.05) is 19.2 Å². The Morgan fingerprint density at radius 3 is 2.65 bits per heavy atom. The van der Waals surface area contributed by atoms with Gasteiger partial charge >= 0.3 is 0 Å². The highest BCUT2D eigenvalue weighted by Gasteiger charge is 2.15. The average Bonchev–Trinajstić information content (AvgIpc) is 2.79. The van der Waals surface area contributed by atoms with Crippen LogP contribution >= 0.6 is 0 Å². The minimum absolute atomic E-state index is 0.322. The van der Waals surface area contributed by atoms with Crippen molar-refractivity contribution in [2.24, 2.45) is 0 Å². The maximum Gasteiger partial charge on any atom is 0.235 e. The lowest BCUT2D eigenvalue weighted by Gasteiger charge is -2.18. The highest BCUT2D eigenvalue weighted by molar-refractivity contribution is 5.56. The summed E-state index contributed by atoms with van der Waals surface area (Å²) in [6.45, 7) is 1.75. The fraction of sp³-hybridized carbons (Fsp3) is 0.333. The Labute approximate surface area is 98.5 Å². The lowest BCUT2D eigenvalue weighted by Crippen LogP contribution is -2.18. The molecule has 90 valence electrons. The summed E-state index contributed by atoms with van der Waals surface area (Å²) in [5.41, 5.74) is 1.09. The molecule has 1 aliphatic rings. The van der Waals surface area contributed by atoms with Crippen LogP contribution in [0.3, 0.4) is 0 Å². The molecule has 0 aromatic heterocycles.